The van der Waals surface area contributed by atoms with Gasteiger partial charge in [-0.2, -0.15) is 0 Å². The van der Waals surface area contributed by atoms with Gasteiger partial charge in [-0.15, -0.1) is 0 Å². The van der Waals surface area contributed by atoms with Gasteiger partial charge in [0.25, 0.3) is 0 Å². The van der Waals surface area contributed by atoms with Crippen molar-refractivity contribution in [3.05, 3.63) is 0 Å². The minimum atomic E-state index is -0.230. The van der Waals surface area contributed by atoms with Gasteiger partial charge >= 0.3 is 5.97 Å². The lowest BCUT2D eigenvalue weighted by molar-refractivity contribution is -0.140. The molecule has 96 valence electrons. The van der Waals surface area contributed by atoms with E-state index in [0.717, 1.165) is 26.1 Å². The zero-order valence-electron chi connectivity index (χ0n) is 10.7. The molecule has 0 heterocycles. The number of esters is 1. The standard InChI is InChI=1S/C11H23BrN2O2/c1-5-6-14(8-7-13(2)3)9-10(12)11(15)16-4/h10H,5-9H2,1-4H3. The molecule has 0 aromatic rings. The Morgan fingerprint density at radius 3 is 2.38 bits per heavy atom. The van der Waals surface area contributed by atoms with Crippen LogP contribution in [0.15, 0.2) is 0 Å². The fourth-order valence-electron chi connectivity index (χ4n) is 1.38. The molecule has 0 spiro atoms. The van der Waals surface area contributed by atoms with E-state index in [1.807, 2.05) is 0 Å². The highest BCUT2D eigenvalue weighted by atomic mass is 79.9. The minimum Gasteiger partial charge on any atom is -0.468 e. The van der Waals surface area contributed by atoms with Crippen molar-refractivity contribution in [1.82, 2.24) is 9.80 Å². The van der Waals surface area contributed by atoms with E-state index >= 15 is 0 Å². The van der Waals surface area contributed by atoms with E-state index in [-0.39, 0.29) is 10.8 Å². The van der Waals surface area contributed by atoms with Crippen LogP contribution in [0.1, 0.15) is 13.3 Å². The second kappa shape index (κ2) is 8.96. The summed E-state index contributed by atoms with van der Waals surface area (Å²) in [5, 5.41) is 0. The predicted molar refractivity (Wildman–Crippen MR) is 70.0 cm³/mol. The number of hydrogen-bond donors (Lipinski definition) is 0. The number of likely N-dealkylation sites (N-methyl/N-ethyl adjacent to an activating group) is 1. The highest BCUT2D eigenvalue weighted by Crippen LogP contribution is 2.05. The average Bonchev–Trinajstić information content (AvgIpc) is 2.24. The largest absolute Gasteiger partial charge is 0.468 e. The topological polar surface area (TPSA) is 32.8 Å². The van der Waals surface area contributed by atoms with Crippen LogP contribution in [0.25, 0.3) is 0 Å². The minimum absolute atomic E-state index is 0.203. The molecule has 0 N–H and O–H groups in total. The second-order valence-electron chi connectivity index (χ2n) is 4.09. The number of methoxy groups -OCH3 is 1. The summed E-state index contributed by atoms with van der Waals surface area (Å²) >= 11 is 3.35. The Morgan fingerprint density at radius 2 is 1.94 bits per heavy atom. The van der Waals surface area contributed by atoms with Crippen molar-refractivity contribution in [1.29, 1.82) is 0 Å². The van der Waals surface area contributed by atoms with Gasteiger partial charge in [0.05, 0.1) is 7.11 Å². The molecule has 1 atom stereocenters. The number of nitrogens with zero attached hydrogens (tertiary/aromatic N) is 2. The van der Waals surface area contributed by atoms with E-state index in [4.69, 9.17) is 4.74 Å². The van der Waals surface area contributed by atoms with Crippen molar-refractivity contribution < 1.29 is 9.53 Å². The molecule has 4 nitrogen and oxygen atoms in total. The highest BCUT2D eigenvalue weighted by molar-refractivity contribution is 9.10. The van der Waals surface area contributed by atoms with E-state index in [1.54, 1.807) is 0 Å². The lowest BCUT2D eigenvalue weighted by atomic mass is 10.3. The third-order valence-corrected chi connectivity index (χ3v) is 2.94. The first-order valence-electron chi connectivity index (χ1n) is 5.60. The Labute approximate surface area is 107 Å². The molecule has 0 aliphatic rings. The van der Waals surface area contributed by atoms with Gasteiger partial charge < -0.3 is 14.5 Å². The van der Waals surface area contributed by atoms with Crippen LogP contribution in [0.3, 0.4) is 0 Å². The van der Waals surface area contributed by atoms with Gasteiger partial charge in [-0.25, -0.2) is 0 Å². The molecule has 0 fully saturated rings. The van der Waals surface area contributed by atoms with Crippen LogP contribution in [0.5, 0.6) is 0 Å². The van der Waals surface area contributed by atoms with Crippen molar-refractivity contribution in [3.63, 3.8) is 0 Å². The number of halogens is 1. The zero-order valence-corrected chi connectivity index (χ0v) is 12.3. The normalized spacial score (nSPS) is 13.2. The molecule has 0 rings (SSSR count). The number of carbonyl (C=O) groups is 1. The van der Waals surface area contributed by atoms with Gasteiger partial charge in [-0.05, 0) is 27.1 Å². The van der Waals surface area contributed by atoms with Gasteiger partial charge in [0.1, 0.15) is 4.83 Å². The van der Waals surface area contributed by atoms with Crippen molar-refractivity contribution in [3.8, 4) is 0 Å². The number of alkyl halides is 1. The van der Waals surface area contributed by atoms with Gasteiger partial charge in [0.15, 0.2) is 0 Å². The molecule has 0 amide bonds. The average molecular weight is 295 g/mol. The van der Waals surface area contributed by atoms with Crippen LogP contribution in [0.2, 0.25) is 0 Å². The van der Waals surface area contributed by atoms with Crippen LogP contribution in [-0.2, 0) is 9.53 Å². The molecule has 0 aromatic heterocycles. The maximum Gasteiger partial charge on any atom is 0.320 e. The molecule has 0 aromatic carbocycles. The van der Waals surface area contributed by atoms with Gasteiger partial charge in [-0.1, -0.05) is 22.9 Å². The molecular weight excluding hydrogens is 272 g/mol. The maximum absolute atomic E-state index is 11.3. The Morgan fingerprint density at radius 1 is 1.31 bits per heavy atom. The number of ether oxygens (including phenoxy) is 1. The van der Waals surface area contributed by atoms with Gasteiger partial charge in [-0.3, -0.25) is 4.79 Å². The molecule has 0 bridgehead atoms. The molecule has 0 radical (unpaired) electrons. The fourth-order valence-corrected chi connectivity index (χ4v) is 1.98. The van der Waals surface area contributed by atoms with Gasteiger partial charge in [0, 0.05) is 19.6 Å². The zero-order chi connectivity index (χ0) is 12.6. The van der Waals surface area contributed by atoms with Crippen LogP contribution in [0, 0.1) is 0 Å². The third-order valence-electron chi connectivity index (χ3n) is 2.28. The summed E-state index contributed by atoms with van der Waals surface area (Å²) in [4.78, 5) is 15.5. The van der Waals surface area contributed by atoms with Crippen molar-refractivity contribution in [2.45, 2.75) is 18.2 Å². The predicted octanol–water partition coefficient (Wildman–Crippen LogP) is 1.20. The summed E-state index contributed by atoms with van der Waals surface area (Å²) in [6, 6.07) is 0. The molecular formula is C11H23BrN2O2. The van der Waals surface area contributed by atoms with Gasteiger partial charge in [0.2, 0.25) is 0 Å². The Kier molecular flexibility index (Phi) is 8.89. The van der Waals surface area contributed by atoms with Crippen LogP contribution >= 0.6 is 15.9 Å². The smallest absolute Gasteiger partial charge is 0.320 e. The number of hydrogen-bond acceptors (Lipinski definition) is 4. The Balaban J connectivity index is 4.05. The molecule has 0 saturated carbocycles. The quantitative estimate of drug-likeness (QED) is 0.497. The fraction of sp³-hybridized carbons (Fsp3) is 0.909. The summed E-state index contributed by atoms with van der Waals surface area (Å²) in [5.74, 6) is -0.203. The monoisotopic (exact) mass is 294 g/mol. The summed E-state index contributed by atoms with van der Waals surface area (Å²) in [5.41, 5.74) is 0. The number of carbonyl (C=O) groups excluding carboxylic acids is 1. The molecule has 0 aliphatic heterocycles. The van der Waals surface area contributed by atoms with Crippen LogP contribution in [0.4, 0.5) is 0 Å². The Hall–Kier alpha value is -0.130. The van der Waals surface area contributed by atoms with Crippen molar-refractivity contribution in [2.24, 2.45) is 0 Å². The van der Waals surface area contributed by atoms with E-state index in [2.05, 4.69) is 46.7 Å². The lowest BCUT2D eigenvalue weighted by Crippen LogP contribution is -2.38. The van der Waals surface area contributed by atoms with E-state index in [0.29, 0.717) is 6.54 Å². The Bertz CT molecular complexity index is 200. The first-order chi connectivity index (χ1) is 7.51. The lowest BCUT2D eigenvalue weighted by Gasteiger charge is -2.24. The molecule has 1 unspecified atom stereocenters. The summed E-state index contributed by atoms with van der Waals surface area (Å²) in [7, 11) is 5.52. The third kappa shape index (κ3) is 7.19. The first-order valence-corrected chi connectivity index (χ1v) is 6.51. The number of rotatable bonds is 8. The summed E-state index contributed by atoms with van der Waals surface area (Å²) in [6.45, 7) is 5.83. The maximum atomic E-state index is 11.3. The first kappa shape index (κ1) is 15.9. The second-order valence-corrected chi connectivity index (χ2v) is 5.20. The summed E-state index contributed by atoms with van der Waals surface area (Å²) < 4.78 is 4.69. The van der Waals surface area contributed by atoms with E-state index < -0.39 is 0 Å². The van der Waals surface area contributed by atoms with E-state index in [1.165, 1.54) is 7.11 Å². The molecule has 0 saturated heterocycles. The molecule has 5 heteroatoms. The SMILES string of the molecule is CCCN(CCN(C)C)CC(Br)C(=O)OC. The van der Waals surface area contributed by atoms with Crippen LogP contribution in [-0.4, -0.2) is 68.0 Å². The summed E-state index contributed by atoms with van der Waals surface area (Å²) in [6.07, 6.45) is 1.09. The van der Waals surface area contributed by atoms with Crippen LogP contribution < -0.4 is 0 Å². The van der Waals surface area contributed by atoms with Crippen molar-refractivity contribution in [2.75, 3.05) is 47.4 Å². The highest BCUT2D eigenvalue weighted by Gasteiger charge is 2.18. The molecule has 16 heavy (non-hydrogen) atoms. The van der Waals surface area contributed by atoms with Crippen molar-refractivity contribution >= 4 is 21.9 Å². The molecule has 0 aliphatic carbocycles. The van der Waals surface area contributed by atoms with E-state index in [9.17, 15) is 4.79 Å².